The van der Waals surface area contributed by atoms with Crippen LogP contribution in [0.15, 0.2) is 0 Å². The summed E-state index contributed by atoms with van der Waals surface area (Å²) in [6.45, 7) is 1.33. The van der Waals surface area contributed by atoms with Gasteiger partial charge in [-0.15, -0.1) is 0 Å². The van der Waals surface area contributed by atoms with Crippen molar-refractivity contribution < 1.29 is 9.53 Å². The second-order valence-corrected chi connectivity index (χ2v) is 2.77. The number of hydrogen-bond donors (Lipinski definition) is 1. The highest BCUT2D eigenvalue weighted by Crippen LogP contribution is 2.10. The normalized spacial score (nSPS) is 21.8. The molecule has 1 heterocycles. The summed E-state index contributed by atoms with van der Waals surface area (Å²) >= 11 is 0. The number of nitrogens with one attached hydrogen (secondary N) is 1. The van der Waals surface area contributed by atoms with Crippen molar-refractivity contribution in [2.45, 2.75) is 25.4 Å². The first-order valence-corrected chi connectivity index (χ1v) is 4.08. The zero-order valence-electron chi connectivity index (χ0n) is 6.88. The minimum atomic E-state index is -0.215. The van der Waals surface area contributed by atoms with E-state index in [0.717, 1.165) is 19.4 Å². The van der Waals surface area contributed by atoms with Crippen LogP contribution >= 0.6 is 0 Å². The van der Waals surface area contributed by atoms with Crippen molar-refractivity contribution in [1.29, 1.82) is 5.26 Å². The Bertz CT molecular complexity index is 192. The summed E-state index contributed by atoms with van der Waals surface area (Å²) in [4.78, 5) is 10.8. The van der Waals surface area contributed by atoms with Crippen molar-refractivity contribution in [2.24, 2.45) is 0 Å². The Morgan fingerprint density at radius 2 is 2.58 bits per heavy atom. The number of rotatable bonds is 3. The van der Waals surface area contributed by atoms with E-state index in [-0.39, 0.29) is 18.4 Å². The maximum atomic E-state index is 10.8. The summed E-state index contributed by atoms with van der Waals surface area (Å²) in [6, 6.07) is 1.79. The predicted molar refractivity (Wildman–Crippen MR) is 42.2 cm³/mol. The molecule has 1 atom stereocenters. The van der Waals surface area contributed by atoms with E-state index in [2.05, 4.69) is 5.32 Å². The van der Waals surface area contributed by atoms with Crippen LogP contribution in [-0.2, 0) is 9.53 Å². The molecule has 0 aromatic heterocycles. The molecule has 1 aliphatic heterocycles. The lowest BCUT2D eigenvalue weighted by molar-refractivity contribution is -0.120. The van der Waals surface area contributed by atoms with Gasteiger partial charge in [0.2, 0.25) is 5.91 Å². The molecule has 1 saturated heterocycles. The largest absolute Gasteiger partial charge is 0.376 e. The fourth-order valence-corrected chi connectivity index (χ4v) is 1.17. The van der Waals surface area contributed by atoms with Gasteiger partial charge in [0.25, 0.3) is 0 Å². The van der Waals surface area contributed by atoms with Crippen molar-refractivity contribution in [3.63, 3.8) is 0 Å². The Balaban J connectivity index is 2.08. The number of amides is 1. The molecule has 1 rings (SSSR count). The quantitative estimate of drug-likeness (QED) is 0.654. The number of nitrogens with zero attached hydrogens (tertiary/aromatic N) is 1. The highest BCUT2D eigenvalue weighted by Gasteiger charge is 2.15. The highest BCUT2D eigenvalue weighted by atomic mass is 16.5. The minimum absolute atomic E-state index is 0.0628. The van der Waals surface area contributed by atoms with Crippen LogP contribution in [0.25, 0.3) is 0 Å². The number of carbonyl (C=O) groups is 1. The molecule has 4 nitrogen and oxygen atoms in total. The number of carbonyl (C=O) groups excluding carboxylic acids is 1. The summed E-state index contributed by atoms with van der Waals surface area (Å²) in [5, 5.41) is 10.8. The van der Waals surface area contributed by atoms with E-state index in [4.69, 9.17) is 10.00 Å². The van der Waals surface area contributed by atoms with Crippen LogP contribution in [0.4, 0.5) is 0 Å². The van der Waals surface area contributed by atoms with E-state index in [9.17, 15) is 4.79 Å². The topological polar surface area (TPSA) is 62.1 Å². The molecule has 1 fully saturated rings. The maximum Gasteiger partial charge on any atom is 0.234 e. The van der Waals surface area contributed by atoms with Gasteiger partial charge in [0.05, 0.1) is 12.2 Å². The Kier molecular flexibility index (Phi) is 3.55. The van der Waals surface area contributed by atoms with Gasteiger partial charge in [-0.05, 0) is 12.8 Å². The molecular formula is C8H12N2O2. The molecule has 66 valence electrons. The molecule has 1 N–H and O–H groups in total. The van der Waals surface area contributed by atoms with Crippen LogP contribution in [0.1, 0.15) is 19.3 Å². The van der Waals surface area contributed by atoms with Gasteiger partial charge in [-0.3, -0.25) is 4.79 Å². The van der Waals surface area contributed by atoms with Crippen molar-refractivity contribution >= 4 is 5.91 Å². The summed E-state index contributed by atoms with van der Waals surface area (Å²) < 4.78 is 5.28. The van der Waals surface area contributed by atoms with Crippen molar-refractivity contribution in [1.82, 2.24) is 5.32 Å². The van der Waals surface area contributed by atoms with Gasteiger partial charge in [0.15, 0.2) is 0 Å². The van der Waals surface area contributed by atoms with Gasteiger partial charge >= 0.3 is 0 Å². The lowest BCUT2D eigenvalue weighted by Gasteiger charge is -2.08. The Morgan fingerprint density at radius 1 is 1.75 bits per heavy atom. The molecular weight excluding hydrogens is 156 g/mol. The third-order valence-electron chi connectivity index (χ3n) is 1.79. The fraction of sp³-hybridized carbons (Fsp3) is 0.750. The Labute approximate surface area is 71.5 Å². The van der Waals surface area contributed by atoms with Crippen LogP contribution in [-0.4, -0.2) is 25.2 Å². The third-order valence-corrected chi connectivity index (χ3v) is 1.79. The number of nitriles is 1. The van der Waals surface area contributed by atoms with Crippen molar-refractivity contribution in [3.8, 4) is 6.07 Å². The van der Waals surface area contributed by atoms with Crippen molar-refractivity contribution in [3.05, 3.63) is 0 Å². The lowest BCUT2D eigenvalue weighted by Crippen LogP contribution is -2.31. The summed E-state index contributed by atoms with van der Waals surface area (Å²) in [6.07, 6.45) is 2.17. The van der Waals surface area contributed by atoms with E-state index in [0.29, 0.717) is 6.54 Å². The smallest absolute Gasteiger partial charge is 0.234 e. The van der Waals surface area contributed by atoms with Crippen LogP contribution in [0.2, 0.25) is 0 Å². The molecule has 4 heteroatoms. The van der Waals surface area contributed by atoms with Gasteiger partial charge in [-0.25, -0.2) is 0 Å². The summed E-state index contributed by atoms with van der Waals surface area (Å²) in [5.74, 6) is -0.215. The van der Waals surface area contributed by atoms with Crippen molar-refractivity contribution in [2.75, 3.05) is 13.2 Å². The second-order valence-electron chi connectivity index (χ2n) is 2.77. The molecule has 0 radical (unpaired) electrons. The number of ether oxygens (including phenoxy) is 1. The van der Waals surface area contributed by atoms with Gasteiger partial charge in [-0.1, -0.05) is 0 Å². The molecule has 1 aliphatic rings. The van der Waals surface area contributed by atoms with E-state index in [1.807, 2.05) is 0 Å². The zero-order chi connectivity index (χ0) is 8.81. The van der Waals surface area contributed by atoms with E-state index in [1.54, 1.807) is 6.07 Å². The van der Waals surface area contributed by atoms with E-state index in [1.165, 1.54) is 0 Å². The first-order valence-electron chi connectivity index (χ1n) is 4.08. The third kappa shape index (κ3) is 2.89. The molecule has 0 aromatic carbocycles. The standard InChI is InChI=1S/C8H12N2O2/c9-4-3-8(11)10-6-7-2-1-5-12-7/h7H,1-3,5-6H2,(H,10,11). The molecule has 0 aliphatic carbocycles. The molecule has 0 spiro atoms. The molecule has 0 bridgehead atoms. The monoisotopic (exact) mass is 168 g/mol. The average Bonchev–Trinajstić information content (AvgIpc) is 2.53. The zero-order valence-corrected chi connectivity index (χ0v) is 6.88. The summed E-state index contributed by atoms with van der Waals surface area (Å²) in [5.41, 5.74) is 0. The molecule has 1 amide bonds. The van der Waals surface area contributed by atoms with Crippen LogP contribution in [0.5, 0.6) is 0 Å². The van der Waals surface area contributed by atoms with Crippen LogP contribution < -0.4 is 5.32 Å². The van der Waals surface area contributed by atoms with Gasteiger partial charge in [-0.2, -0.15) is 5.26 Å². The van der Waals surface area contributed by atoms with Crippen LogP contribution in [0, 0.1) is 11.3 Å². The fourth-order valence-electron chi connectivity index (χ4n) is 1.17. The lowest BCUT2D eigenvalue weighted by atomic mass is 10.2. The second kappa shape index (κ2) is 4.73. The Morgan fingerprint density at radius 3 is 3.17 bits per heavy atom. The minimum Gasteiger partial charge on any atom is -0.376 e. The van der Waals surface area contributed by atoms with Gasteiger partial charge < -0.3 is 10.1 Å². The first-order chi connectivity index (χ1) is 5.83. The number of hydrogen-bond acceptors (Lipinski definition) is 3. The average molecular weight is 168 g/mol. The van der Waals surface area contributed by atoms with E-state index < -0.39 is 0 Å². The highest BCUT2D eigenvalue weighted by molar-refractivity contribution is 5.77. The molecule has 0 saturated carbocycles. The first kappa shape index (κ1) is 9.01. The van der Waals surface area contributed by atoms with Gasteiger partial charge in [0.1, 0.15) is 6.42 Å². The Hall–Kier alpha value is -1.08. The molecule has 1 unspecified atom stereocenters. The summed E-state index contributed by atoms with van der Waals surface area (Å²) in [7, 11) is 0. The SMILES string of the molecule is N#CCC(=O)NCC1CCCO1. The van der Waals surface area contributed by atoms with Crippen LogP contribution in [0.3, 0.4) is 0 Å². The van der Waals surface area contributed by atoms with E-state index >= 15 is 0 Å². The van der Waals surface area contributed by atoms with Gasteiger partial charge in [0, 0.05) is 13.2 Å². The predicted octanol–water partition coefficient (Wildman–Crippen LogP) is 0.195. The molecule has 0 aromatic rings. The maximum absolute atomic E-state index is 10.8. The molecule has 12 heavy (non-hydrogen) atoms.